The molecule has 134 valence electrons. The van der Waals surface area contributed by atoms with Gasteiger partial charge in [-0.25, -0.2) is 4.79 Å². The van der Waals surface area contributed by atoms with Gasteiger partial charge in [-0.3, -0.25) is 9.59 Å². The fraction of sp³-hybridized carbons (Fsp3) is 0.450. The summed E-state index contributed by atoms with van der Waals surface area (Å²) in [5.41, 5.74) is 0.775. The highest BCUT2D eigenvalue weighted by Crippen LogP contribution is 2.28. The molecule has 0 aromatic heterocycles. The van der Waals surface area contributed by atoms with E-state index in [1.165, 1.54) is 6.92 Å². The van der Waals surface area contributed by atoms with E-state index >= 15 is 0 Å². The summed E-state index contributed by atoms with van der Waals surface area (Å²) in [7, 11) is 0. The van der Waals surface area contributed by atoms with Gasteiger partial charge in [0, 0.05) is 12.8 Å². The fourth-order valence-corrected chi connectivity index (χ4v) is 2.99. The molecule has 0 aliphatic heterocycles. The normalized spacial score (nSPS) is 15.5. The van der Waals surface area contributed by atoms with Crippen LogP contribution in [0.2, 0.25) is 0 Å². The highest BCUT2D eigenvalue weighted by atomic mass is 16.5. The number of carbonyl (C=O) groups is 3. The largest absolute Gasteiger partial charge is 0.462 e. The lowest BCUT2D eigenvalue weighted by Gasteiger charge is -2.21. The topological polar surface area (TPSA) is 69.7 Å². The third-order valence-electron chi connectivity index (χ3n) is 4.19. The highest BCUT2D eigenvalue weighted by Gasteiger charge is 2.28. The fourth-order valence-electron chi connectivity index (χ4n) is 2.99. The van der Waals surface area contributed by atoms with Crippen molar-refractivity contribution < 1.29 is 23.9 Å². The number of benzene rings is 1. The summed E-state index contributed by atoms with van der Waals surface area (Å²) in [6.45, 7) is 3.27. The number of ketones is 1. The average Bonchev–Trinajstić information content (AvgIpc) is 2.61. The Morgan fingerprint density at radius 1 is 1.08 bits per heavy atom. The summed E-state index contributed by atoms with van der Waals surface area (Å²) in [6, 6.07) is 6.65. The van der Waals surface area contributed by atoms with E-state index in [9.17, 15) is 14.4 Å². The Bertz CT molecular complexity index is 651. The van der Waals surface area contributed by atoms with Gasteiger partial charge in [0.15, 0.2) is 5.78 Å². The summed E-state index contributed by atoms with van der Waals surface area (Å²) >= 11 is 0. The molecule has 1 fully saturated rings. The van der Waals surface area contributed by atoms with E-state index in [4.69, 9.17) is 9.47 Å². The van der Waals surface area contributed by atoms with Crippen LogP contribution in [0.3, 0.4) is 0 Å². The van der Waals surface area contributed by atoms with Crippen LogP contribution >= 0.6 is 0 Å². The van der Waals surface area contributed by atoms with Crippen molar-refractivity contribution in [1.82, 2.24) is 0 Å². The Morgan fingerprint density at radius 2 is 1.72 bits per heavy atom. The number of ether oxygens (including phenoxy) is 2. The van der Waals surface area contributed by atoms with E-state index in [2.05, 4.69) is 0 Å². The molecule has 0 bridgehead atoms. The van der Waals surface area contributed by atoms with Crippen LogP contribution in [0.5, 0.6) is 5.75 Å². The molecule has 1 aliphatic rings. The maximum Gasteiger partial charge on any atom is 0.341 e. The molecule has 25 heavy (non-hydrogen) atoms. The van der Waals surface area contributed by atoms with E-state index in [1.807, 2.05) is 0 Å². The van der Waals surface area contributed by atoms with Crippen LogP contribution < -0.4 is 4.74 Å². The SMILES string of the molecule is CCOC(=O)/C(=C/c1ccc(OC(C)=O)cc1)C(=O)C1CCCCC1. The molecule has 1 aromatic carbocycles. The number of hydrogen-bond acceptors (Lipinski definition) is 5. The van der Waals surface area contributed by atoms with Crippen LogP contribution in [0.1, 0.15) is 51.5 Å². The highest BCUT2D eigenvalue weighted by molar-refractivity contribution is 6.21. The van der Waals surface area contributed by atoms with E-state index in [0.29, 0.717) is 11.3 Å². The van der Waals surface area contributed by atoms with Gasteiger partial charge in [0.05, 0.1) is 6.61 Å². The Kier molecular flexibility index (Phi) is 6.92. The van der Waals surface area contributed by atoms with Crippen molar-refractivity contribution in [3.63, 3.8) is 0 Å². The molecule has 0 spiro atoms. The molecule has 0 unspecified atom stereocenters. The van der Waals surface area contributed by atoms with Gasteiger partial charge in [-0.1, -0.05) is 31.4 Å². The molecule has 2 rings (SSSR count). The van der Waals surface area contributed by atoms with Gasteiger partial charge in [0.1, 0.15) is 11.3 Å². The Labute approximate surface area is 148 Å². The first-order valence-electron chi connectivity index (χ1n) is 8.72. The standard InChI is InChI=1S/C20H24O5/c1-3-24-20(23)18(19(22)16-7-5-4-6-8-16)13-15-9-11-17(12-10-15)25-14(2)21/h9-13,16H,3-8H2,1-2H3/b18-13+. The minimum absolute atomic E-state index is 0.0917. The number of hydrogen-bond donors (Lipinski definition) is 0. The molecule has 0 amide bonds. The second-order valence-corrected chi connectivity index (χ2v) is 6.14. The predicted molar refractivity (Wildman–Crippen MR) is 93.9 cm³/mol. The van der Waals surface area contributed by atoms with Crippen LogP contribution in [0.4, 0.5) is 0 Å². The van der Waals surface area contributed by atoms with Crippen LogP contribution in [-0.2, 0) is 19.1 Å². The molecule has 1 aliphatic carbocycles. The lowest BCUT2D eigenvalue weighted by Crippen LogP contribution is -2.24. The molecular formula is C20H24O5. The van der Waals surface area contributed by atoms with Crippen molar-refractivity contribution in [1.29, 1.82) is 0 Å². The average molecular weight is 344 g/mol. The van der Waals surface area contributed by atoms with Crippen molar-refractivity contribution in [2.75, 3.05) is 6.61 Å². The smallest absolute Gasteiger partial charge is 0.341 e. The first-order valence-corrected chi connectivity index (χ1v) is 8.72. The zero-order valence-electron chi connectivity index (χ0n) is 14.7. The number of esters is 2. The van der Waals surface area contributed by atoms with Gasteiger partial charge in [-0.05, 0) is 43.5 Å². The minimum Gasteiger partial charge on any atom is -0.462 e. The minimum atomic E-state index is -0.581. The van der Waals surface area contributed by atoms with Crippen LogP contribution in [0.25, 0.3) is 6.08 Å². The maximum absolute atomic E-state index is 12.8. The van der Waals surface area contributed by atoms with E-state index in [0.717, 1.165) is 32.1 Å². The van der Waals surface area contributed by atoms with Crippen LogP contribution in [0, 0.1) is 5.92 Å². The summed E-state index contributed by atoms with van der Waals surface area (Å²) in [5.74, 6) is -0.807. The lowest BCUT2D eigenvalue weighted by molar-refractivity contribution is -0.140. The molecule has 1 aromatic rings. The molecule has 1 saturated carbocycles. The molecule has 0 heterocycles. The monoisotopic (exact) mass is 344 g/mol. The van der Waals surface area contributed by atoms with Crippen molar-refractivity contribution in [2.24, 2.45) is 5.92 Å². The first-order chi connectivity index (χ1) is 12.0. The summed E-state index contributed by atoms with van der Waals surface area (Å²) in [6.07, 6.45) is 6.38. The Morgan fingerprint density at radius 3 is 2.28 bits per heavy atom. The Balaban J connectivity index is 2.24. The summed E-state index contributed by atoms with van der Waals surface area (Å²) in [4.78, 5) is 36.0. The lowest BCUT2D eigenvalue weighted by atomic mass is 9.83. The van der Waals surface area contributed by atoms with Gasteiger partial charge in [0.2, 0.25) is 0 Å². The van der Waals surface area contributed by atoms with Crippen molar-refractivity contribution in [2.45, 2.75) is 46.0 Å². The molecule has 0 N–H and O–H groups in total. The van der Waals surface area contributed by atoms with Gasteiger partial charge in [-0.15, -0.1) is 0 Å². The van der Waals surface area contributed by atoms with Crippen molar-refractivity contribution in [3.8, 4) is 5.75 Å². The second-order valence-electron chi connectivity index (χ2n) is 6.14. The molecular weight excluding hydrogens is 320 g/mol. The number of rotatable bonds is 6. The van der Waals surface area contributed by atoms with Crippen molar-refractivity contribution >= 4 is 23.8 Å². The second kappa shape index (κ2) is 9.16. The summed E-state index contributed by atoms with van der Waals surface area (Å²) in [5, 5.41) is 0. The quantitative estimate of drug-likeness (QED) is 0.259. The van der Waals surface area contributed by atoms with E-state index in [-0.39, 0.29) is 23.9 Å². The van der Waals surface area contributed by atoms with Crippen molar-refractivity contribution in [3.05, 3.63) is 35.4 Å². The molecule has 0 atom stereocenters. The van der Waals surface area contributed by atoms with E-state index < -0.39 is 11.9 Å². The van der Waals surface area contributed by atoms with Crippen LogP contribution in [-0.4, -0.2) is 24.3 Å². The first kappa shape index (κ1) is 18.9. The molecule has 5 heteroatoms. The zero-order chi connectivity index (χ0) is 18.2. The zero-order valence-corrected chi connectivity index (χ0v) is 14.7. The van der Waals surface area contributed by atoms with Gasteiger partial charge in [0.25, 0.3) is 0 Å². The number of Topliss-reactive ketones (excluding diaryl/α,β-unsaturated/α-hetero) is 1. The predicted octanol–water partition coefficient (Wildman–Crippen LogP) is 3.71. The maximum atomic E-state index is 12.8. The third-order valence-corrected chi connectivity index (χ3v) is 4.19. The third kappa shape index (κ3) is 5.55. The van der Waals surface area contributed by atoms with Gasteiger partial charge in [-0.2, -0.15) is 0 Å². The summed E-state index contributed by atoms with van der Waals surface area (Å²) < 4.78 is 10.1. The van der Waals surface area contributed by atoms with Gasteiger partial charge >= 0.3 is 11.9 Å². The molecule has 5 nitrogen and oxygen atoms in total. The van der Waals surface area contributed by atoms with Crippen LogP contribution in [0.15, 0.2) is 29.8 Å². The molecule has 0 radical (unpaired) electrons. The number of carbonyl (C=O) groups excluding carboxylic acids is 3. The Hall–Kier alpha value is -2.43. The van der Waals surface area contributed by atoms with Gasteiger partial charge < -0.3 is 9.47 Å². The van der Waals surface area contributed by atoms with E-state index in [1.54, 1.807) is 37.3 Å². The molecule has 0 saturated heterocycles.